The molecule has 0 aliphatic heterocycles. The van der Waals surface area contributed by atoms with Crippen LogP contribution in [0.3, 0.4) is 0 Å². The molecule has 2 N–H and O–H groups in total. The molecule has 0 bridgehead atoms. The minimum absolute atomic E-state index is 0.386. The summed E-state index contributed by atoms with van der Waals surface area (Å²) in [7, 11) is 0.161. The maximum absolute atomic E-state index is 6.33. The van der Waals surface area contributed by atoms with E-state index in [0.717, 1.165) is 11.4 Å². The Morgan fingerprint density at radius 3 is 1.22 bits per heavy atom. The van der Waals surface area contributed by atoms with Gasteiger partial charge >= 0.3 is 17.6 Å². The average Bonchev–Trinajstić information content (AvgIpc) is 2.75. The van der Waals surface area contributed by atoms with Crippen LogP contribution in [-0.4, -0.2) is 58.4 Å². The van der Waals surface area contributed by atoms with Gasteiger partial charge in [0, 0.05) is 39.8 Å². The molecular formula is C18H28N2O5Si2. The number of hydrogen-bond donors (Lipinski definition) is 2. The van der Waals surface area contributed by atoms with Crippen LogP contribution in [0.2, 0.25) is 0 Å². The second-order valence-corrected chi connectivity index (χ2v) is 11.6. The molecule has 7 nitrogen and oxygen atoms in total. The quantitative estimate of drug-likeness (QED) is 0.523. The Bertz CT molecular complexity index is 598. The van der Waals surface area contributed by atoms with E-state index in [1.165, 1.54) is 0 Å². The van der Waals surface area contributed by atoms with Crippen LogP contribution >= 0.6 is 0 Å². The zero-order valence-electron chi connectivity index (χ0n) is 16.2. The second-order valence-electron chi connectivity index (χ2n) is 5.72. The first-order valence-corrected chi connectivity index (χ1v) is 12.5. The Morgan fingerprint density at radius 2 is 0.926 bits per heavy atom. The first kappa shape index (κ1) is 21.6. The second kappa shape index (κ2) is 10.6. The molecule has 0 spiro atoms. The third-order valence-corrected chi connectivity index (χ3v) is 10.3. The molecule has 0 saturated carbocycles. The van der Waals surface area contributed by atoms with Crippen LogP contribution < -0.4 is 10.6 Å². The fraction of sp³-hybridized carbons (Fsp3) is 0.333. The van der Waals surface area contributed by atoms with Crippen molar-refractivity contribution in [1.29, 1.82) is 0 Å². The van der Waals surface area contributed by atoms with Crippen LogP contribution in [0.5, 0.6) is 0 Å². The van der Waals surface area contributed by atoms with Gasteiger partial charge in [0.25, 0.3) is 0 Å². The zero-order chi connectivity index (χ0) is 19.6. The molecule has 9 heteroatoms. The standard InChI is InChI=1S/C18H28N2O5Si2/c1-21-26(22-2,15-19-17-11-7-5-8-12-17)25-27(23-3,24-4)16-20-18-13-9-6-10-14-18/h5-14,19-20H,15-16H2,1-4H3. The van der Waals surface area contributed by atoms with Crippen LogP contribution in [-0.2, 0) is 21.8 Å². The molecule has 0 aromatic heterocycles. The molecule has 0 aliphatic rings. The summed E-state index contributed by atoms with van der Waals surface area (Å²) in [5.41, 5.74) is 1.91. The molecule has 2 rings (SSSR count). The van der Waals surface area contributed by atoms with E-state index in [1.54, 1.807) is 28.4 Å². The molecule has 2 aromatic carbocycles. The summed E-state index contributed by atoms with van der Waals surface area (Å²) in [4.78, 5) is 0. The van der Waals surface area contributed by atoms with Crippen LogP contribution in [0.4, 0.5) is 11.4 Å². The Labute approximate surface area is 163 Å². The van der Waals surface area contributed by atoms with Crippen molar-refractivity contribution in [3.05, 3.63) is 60.7 Å². The maximum Gasteiger partial charge on any atom is 0.513 e. The smallest absolute Gasteiger partial charge is 0.381 e. The highest BCUT2D eigenvalue weighted by Gasteiger charge is 2.52. The van der Waals surface area contributed by atoms with Crippen molar-refractivity contribution >= 4 is 29.0 Å². The van der Waals surface area contributed by atoms with Gasteiger partial charge in [-0.05, 0) is 24.3 Å². The summed E-state index contributed by atoms with van der Waals surface area (Å²) in [6.07, 6.45) is 0.771. The topological polar surface area (TPSA) is 70.2 Å². The lowest BCUT2D eigenvalue weighted by Gasteiger charge is -2.35. The molecule has 27 heavy (non-hydrogen) atoms. The van der Waals surface area contributed by atoms with Crippen molar-refractivity contribution in [3.63, 3.8) is 0 Å². The third kappa shape index (κ3) is 6.14. The summed E-state index contributed by atoms with van der Waals surface area (Å²) in [5.74, 6) is 0. The first-order chi connectivity index (χ1) is 13.1. The predicted octanol–water partition coefficient (Wildman–Crippen LogP) is 2.77. The van der Waals surface area contributed by atoms with Gasteiger partial charge in [-0.1, -0.05) is 36.4 Å². The first-order valence-electron chi connectivity index (χ1n) is 8.59. The van der Waals surface area contributed by atoms with Gasteiger partial charge in [-0.25, -0.2) is 0 Å². The molecule has 0 heterocycles. The lowest BCUT2D eigenvalue weighted by Crippen LogP contribution is -2.63. The summed E-state index contributed by atoms with van der Waals surface area (Å²) in [6, 6.07) is 19.6. The lowest BCUT2D eigenvalue weighted by atomic mass is 10.3. The van der Waals surface area contributed by atoms with Gasteiger partial charge in [0.1, 0.15) is 0 Å². The van der Waals surface area contributed by atoms with Crippen LogP contribution in [0.1, 0.15) is 0 Å². The zero-order valence-corrected chi connectivity index (χ0v) is 18.2. The number of anilines is 2. The van der Waals surface area contributed by atoms with E-state index < -0.39 is 17.6 Å². The maximum atomic E-state index is 6.33. The minimum Gasteiger partial charge on any atom is -0.381 e. The lowest BCUT2D eigenvalue weighted by molar-refractivity contribution is 0.0905. The van der Waals surface area contributed by atoms with Crippen molar-refractivity contribution in [2.24, 2.45) is 0 Å². The molecule has 0 unspecified atom stereocenters. The largest absolute Gasteiger partial charge is 0.513 e. The monoisotopic (exact) mass is 408 g/mol. The van der Waals surface area contributed by atoms with Gasteiger partial charge in [0.05, 0.1) is 12.3 Å². The van der Waals surface area contributed by atoms with E-state index >= 15 is 0 Å². The molecule has 0 saturated heterocycles. The van der Waals surface area contributed by atoms with Crippen molar-refractivity contribution in [2.45, 2.75) is 0 Å². The third-order valence-electron chi connectivity index (χ3n) is 4.12. The SMILES string of the molecule is CO[Si](CNc1ccccc1)(OC)O[Si](CNc1ccccc1)(OC)OC. The average molecular weight is 409 g/mol. The predicted molar refractivity (Wildman–Crippen MR) is 110 cm³/mol. The van der Waals surface area contributed by atoms with Crippen molar-refractivity contribution in [3.8, 4) is 0 Å². The van der Waals surface area contributed by atoms with E-state index in [-0.39, 0.29) is 0 Å². The van der Waals surface area contributed by atoms with E-state index in [0.29, 0.717) is 12.3 Å². The molecular weight excluding hydrogens is 380 g/mol. The Balaban J connectivity index is 2.10. The van der Waals surface area contributed by atoms with Crippen LogP contribution in [0.25, 0.3) is 0 Å². The Hall–Kier alpha value is -1.73. The molecule has 0 atom stereocenters. The Kier molecular flexibility index (Phi) is 8.44. The van der Waals surface area contributed by atoms with Gasteiger partial charge in [-0.15, -0.1) is 0 Å². The summed E-state index contributed by atoms with van der Waals surface area (Å²) < 4.78 is 29.1. The van der Waals surface area contributed by atoms with Gasteiger partial charge < -0.3 is 32.5 Å². The fourth-order valence-electron chi connectivity index (χ4n) is 2.46. The number of rotatable bonds is 12. The Morgan fingerprint density at radius 1 is 0.593 bits per heavy atom. The minimum atomic E-state index is -3.08. The number of benzene rings is 2. The highest BCUT2D eigenvalue weighted by atomic mass is 28.5. The number of para-hydroxylation sites is 2. The molecule has 0 fully saturated rings. The van der Waals surface area contributed by atoms with Crippen molar-refractivity contribution in [1.82, 2.24) is 0 Å². The fourth-order valence-corrected chi connectivity index (χ4v) is 8.02. The van der Waals surface area contributed by atoms with Crippen molar-refractivity contribution < 1.29 is 21.8 Å². The normalized spacial score (nSPS) is 12.0. The van der Waals surface area contributed by atoms with E-state index in [1.807, 2.05) is 60.7 Å². The molecule has 0 aliphatic carbocycles. The van der Waals surface area contributed by atoms with Crippen molar-refractivity contribution in [2.75, 3.05) is 51.4 Å². The molecule has 148 valence electrons. The number of nitrogens with one attached hydrogen (secondary N) is 2. The summed E-state index contributed by atoms with van der Waals surface area (Å²) in [5, 5.41) is 6.62. The van der Waals surface area contributed by atoms with Gasteiger partial charge in [0.2, 0.25) is 0 Å². The van der Waals surface area contributed by atoms with E-state index in [4.69, 9.17) is 21.8 Å². The van der Waals surface area contributed by atoms with E-state index in [2.05, 4.69) is 10.6 Å². The molecule has 2 aromatic rings. The van der Waals surface area contributed by atoms with Crippen LogP contribution in [0.15, 0.2) is 60.7 Å². The summed E-state index contributed by atoms with van der Waals surface area (Å²) in [6.45, 7) is 0. The van der Waals surface area contributed by atoms with Gasteiger partial charge in [0.15, 0.2) is 0 Å². The molecule has 0 amide bonds. The van der Waals surface area contributed by atoms with Gasteiger partial charge in [-0.3, -0.25) is 0 Å². The van der Waals surface area contributed by atoms with Gasteiger partial charge in [-0.2, -0.15) is 0 Å². The highest BCUT2D eigenvalue weighted by molar-refractivity contribution is 6.75. The summed E-state index contributed by atoms with van der Waals surface area (Å²) >= 11 is 0. The highest BCUT2D eigenvalue weighted by Crippen LogP contribution is 2.20. The van der Waals surface area contributed by atoms with E-state index in [9.17, 15) is 0 Å². The van der Waals surface area contributed by atoms with Crippen LogP contribution in [0, 0.1) is 0 Å². The molecule has 0 radical (unpaired) electrons. The number of hydrogen-bond acceptors (Lipinski definition) is 7.